The summed E-state index contributed by atoms with van der Waals surface area (Å²) in [6, 6.07) is 17.3. The number of nitrogens with zero attached hydrogens (tertiary/aromatic N) is 2. The maximum atomic E-state index is 13.2. The van der Waals surface area contributed by atoms with Crippen LogP contribution in [0.1, 0.15) is 17.2 Å². The second-order valence-electron chi connectivity index (χ2n) is 6.75. The molecule has 0 aliphatic rings. The van der Waals surface area contributed by atoms with E-state index in [1.807, 2.05) is 0 Å². The first-order valence-electron chi connectivity index (χ1n) is 9.21. The molecule has 0 fully saturated rings. The van der Waals surface area contributed by atoms with E-state index in [1.54, 1.807) is 67.6 Å². The van der Waals surface area contributed by atoms with Crippen LogP contribution in [0.3, 0.4) is 0 Å². The van der Waals surface area contributed by atoms with Gasteiger partial charge in [-0.05, 0) is 42.3 Å². The van der Waals surface area contributed by atoms with Crippen molar-refractivity contribution < 1.29 is 13.2 Å². The van der Waals surface area contributed by atoms with Gasteiger partial charge in [-0.3, -0.25) is 4.79 Å². The Morgan fingerprint density at radius 2 is 1.74 bits per heavy atom. The highest BCUT2D eigenvalue weighted by molar-refractivity contribution is 7.89. The molecule has 0 unspecified atom stereocenters. The molecule has 0 spiro atoms. The molecule has 1 heterocycles. The van der Waals surface area contributed by atoms with Gasteiger partial charge in [0, 0.05) is 10.7 Å². The van der Waals surface area contributed by atoms with Crippen molar-refractivity contribution in [1.29, 1.82) is 0 Å². The third-order valence-corrected chi connectivity index (χ3v) is 7.14. The van der Waals surface area contributed by atoms with Gasteiger partial charge in [-0.1, -0.05) is 54.1 Å². The van der Waals surface area contributed by atoms with Crippen molar-refractivity contribution >= 4 is 56.0 Å². The summed E-state index contributed by atoms with van der Waals surface area (Å²) in [4.78, 5) is 13.2. The van der Waals surface area contributed by atoms with Crippen molar-refractivity contribution in [2.45, 2.75) is 17.9 Å². The van der Waals surface area contributed by atoms with Crippen molar-refractivity contribution in [3.8, 4) is 0 Å². The summed E-state index contributed by atoms with van der Waals surface area (Å²) in [5, 5.41) is 3.28. The largest absolute Gasteiger partial charge is 0.324 e. The van der Waals surface area contributed by atoms with E-state index in [9.17, 15) is 13.2 Å². The van der Waals surface area contributed by atoms with E-state index in [4.69, 9.17) is 11.6 Å². The molecule has 4 aromatic rings. The average Bonchev–Trinajstić information content (AvgIpc) is 3.24. The van der Waals surface area contributed by atoms with Gasteiger partial charge >= 0.3 is 0 Å². The topological polar surface area (TPSA) is 101 Å². The molecule has 158 valence electrons. The highest BCUT2D eigenvalue weighted by Gasteiger charge is 2.29. The van der Waals surface area contributed by atoms with Gasteiger partial charge in [0.1, 0.15) is 22.0 Å². The fourth-order valence-electron chi connectivity index (χ4n) is 3.08. The van der Waals surface area contributed by atoms with Gasteiger partial charge in [0.25, 0.3) is 0 Å². The molecule has 0 saturated carbocycles. The van der Waals surface area contributed by atoms with Crippen LogP contribution in [0.15, 0.2) is 71.6 Å². The van der Waals surface area contributed by atoms with Gasteiger partial charge in [-0.2, -0.15) is 13.5 Å². The van der Waals surface area contributed by atoms with Crippen molar-refractivity contribution in [2.24, 2.45) is 0 Å². The number of benzene rings is 3. The van der Waals surface area contributed by atoms with E-state index >= 15 is 0 Å². The Bertz CT molecular complexity index is 1360. The number of nitrogens with one attached hydrogen (secondary N) is 2. The van der Waals surface area contributed by atoms with Crippen LogP contribution in [0.5, 0.6) is 0 Å². The summed E-state index contributed by atoms with van der Waals surface area (Å²) < 4.78 is 37.2. The summed E-state index contributed by atoms with van der Waals surface area (Å²) in [5.41, 5.74) is 2.42. The predicted molar refractivity (Wildman–Crippen MR) is 122 cm³/mol. The molecule has 2 N–H and O–H groups in total. The van der Waals surface area contributed by atoms with E-state index in [1.165, 1.54) is 6.07 Å². The van der Waals surface area contributed by atoms with Crippen LogP contribution in [0.2, 0.25) is 5.02 Å². The van der Waals surface area contributed by atoms with E-state index in [-0.39, 0.29) is 10.4 Å². The van der Waals surface area contributed by atoms with Crippen molar-refractivity contribution in [3.05, 3.63) is 82.9 Å². The molecule has 1 amide bonds. The summed E-state index contributed by atoms with van der Waals surface area (Å²) in [6.45, 7) is 1.77. The van der Waals surface area contributed by atoms with E-state index in [0.717, 1.165) is 11.7 Å². The molecular formula is C21H17ClN4O3S2. The maximum absolute atomic E-state index is 13.2. The van der Waals surface area contributed by atoms with Crippen LogP contribution in [0.4, 0.5) is 5.69 Å². The fraction of sp³-hybridized carbons (Fsp3) is 0.0952. The number of halogens is 1. The molecule has 31 heavy (non-hydrogen) atoms. The average molecular weight is 473 g/mol. The number of hydrogen-bond donors (Lipinski definition) is 2. The van der Waals surface area contributed by atoms with E-state index in [2.05, 4.69) is 18.8 Å². The normalized spacial score (nSPS) is 12.6. The summed E-state index contributed by atoms with van der Waals surface area (Å²) in [5.74, 6) is -0.538. The van der Waals surface area contributed by atoms with Crippen LogP contribution in [0.25, 0.3) is 11.0 Å². The lowest BCUT2D eigenvalue weighted by Gasteiger charge is -2.20. The number of aromatic nitrogens is 2. The zero-order valence-corrected chi connectivity index (χ0v) is 18.6. The number of rotatable bonds is 6. The number of carbonyl (C=O) groups is 1. The summed E-state index contributed by atoms with van der Waals surface area (Å²) in [6.07, 6.45) is 0. The molecule has 0 aliphatic heterocycles. The van der Waals surface area contributed by atoms with Crippen LogP contribution < -0.4 is 10.0 Å². The Kier molecular flexibility index (Phi) is 6.01. The lowest BCUT2D eigenvalue weighted by molar-refractivity contribution is -0.117. The Hall–Kier alpha value is -2.85. The van der Waals surface area contributed by atoms with Gasteiger partial charge in [-0.15, -0.1) is 0 Å². The van der Waals surface area contributed by atoms with E-state index in [0.29, 0.717) is 27.4 Å². The van der Waals surface area contributed by atoms with Gasteiger partial charge in [-0.25, -0.2) is 8.42 Å². The molecule has 1 aromatic heterocycles. The molecule has 3 aromatic carbocycles. The highest BCUT2D eigenvalue weighted by atomic mass is 35.5. The standard InChI is InChI=1S/C21H17ClN4O3S2/c1-13-15(22)9-5-10-16(13)23-21(27)19(14-7-3-2-4-8-14)26-31(28,29)18-12-6-11-17-20(18)25-30-24-17/h2-12,19,26H,1H3,(H,23,27)/t19-/m1/s1. The number of fused-ring (bicyclic) bond motifs is 1. The zero-order valence-electron chi connectivity index (χ0n) is 16.2. The van der Waals surface area contributed by atoms with Crippen LogP contribution in [0, 0.1) is 6.92 Å². The first-order chi connectivity index (χ1) is 14.9. The lowest BCUT2D eigenvalue weighted by atomic mass is 10.1. The molecule has 7 nitrogen and oxygen atoms in total. The first kappa shape index (κ1) is 21.4. The van der Waals surface area contributed by atoms with Gasteiger partial charge in [0.15, 0.2) is 0 Å². The third-order valence-electron chi connectivity index (χ3n) is 4.73. The quantitative estimate of drug-likeness (QED) is 0.435. The second kappa shape index (κ2) is 8.72. The summed E-state index contributed by atoms with van der Waals surface area (Å²) in [7, 11) is -4.09. The molecule has 0 aliphatic carbocycles. The highest BCUT2D eigenvalue weighted by Crippen LogP contribution is 2.27. The Morgan fingerprint density at radius 1 is 1.00 bits per heavy atom. The number of anilines is 1. The number of hydrogen-bond acceptors (Lipinski definition) is 6. The molecule has 0 bridgehead atoms. The maximum Gasteiger partial charge on any atom is 0.247 e. The zero-order chi connectivity index (χ0) is 22.0. The minimum absolute atomic E-state index is 0.0357. The van der Waals surface area contributed by atoms with Gasteiger partial charge < -0.3 is 5.32 Å². The second-order valence-corrected chi connectivity index (χ2v) is 9.37. The molecule has 0 saturated heterocycles. The first-order valence-corrected chi connectivity index (χ1v) is 11.8. The molecule has 1 atom stereocenters. The summed E-state index contributed by atoms with van der Waals surface area (Å²) >= 11 is 7.08. The predicted octanol–water partition coefficient (Wildman–Crippen LogP) is 4.31. The SMILES string of the molecule is Cc1c(Cl)cccc1NC(=O)[C@H](NS(=O)(=O)c1cccc2nsnc12)c1ccccc1. The van der Waals surface area contributed by atoms with Crippen LogP contribution in [-0.4, -0.2) is 23.1 Å². The lowest BCUT2D eigenvalue weighted by Crippen LogP contribution is -2.37. The Labute approximate surface area is 188 Å². The van der Waals surface area contributed by atoms with Crippen LogP contribution >= 0.6 is 23.3 Å². The minimum Gasteiger partial charge on any atom is -0.324 e. The molecule has 4 rings (SSSR count). The van der Waals surface area contributed by atoms with Crippen molar-refractivity contribution in [1.82, 2.24) is 13.5 Å². The van der Waals surface area contributed by atoms with Crippen molar-refractivity contribution in [2.75, 3.05) is 5.32 Å². The fourth-order valence-corrected chi connectivity index (χ4v) is 5.21. The number of sulfonamides is 1. The smallest absolute Gasteiger partial charge is 0.247 e. The van der Waals surface area contributed by atoms with E-state index < -0.39 is 22.0 Å². The number of carbonyl (C=O) groups excluding carboxylic acids is 1. The molecular weight excluding hydrogens is 456 g/mol. The molecule has 10 heteroatoms. The van der Waals surface area contributed by atoms with Crippen LogP contribution in [-0.2, 0) is 14.8 Å². The van der Waals surface area contributed by atoms with Gasteiger partial charge in [0.2, 0.25) is 15.9 Å². The Balaban J connectivity index is 1.71. The third kappa shape index (κ3) is 4.45. The van der Waals surface area contributed by atoms with Crippen molar-refractivity contribution in [3.63, 3.8) is 0 Å². The Morgan fingerprint density at radius 3 is 2.52 bits per heavy atom. The number of amides is 1. The monoisotopic (exact) mass is 472 g/mol. The van der Waals surface area contributed by atoms with Gasteiger partial charge in [0.05, 0.1) is 11.7 Å². The minimum atomic E-state index is -4.09. The molecule has 0 radical (unpaired) electrons.